The molecule has 25 nitrogen and oxygen atoms in total. The maximum atomic E-state index is 12.4. The van der Waals surface area contributed by atoms with Crippen LogP contribution in [0.1, 0.15) is 13.8 Å². The third-order valence-corrected chi connectivity index (χ3v) is 8.93. The number of carbonyl (C=O) groups is 4. The number of carboxylic acid groups (broad SMARTS) is 2. The zero-order chi connectivity index (χ0) is 39.6. The van der Waals surface area contributed by atoms with Crippen LogP contribution < -0.4 is 15.7 Å². The number of ether oxygens (including phenoxy) is 7. The van der Waals surface area contributed by atoms with Crippen molar-refractivity contribution in [2.24, 2.45) is 0 Å². The van der Waals surface area contributed by atoms with Crippen LogP contribution in [-0.4, -0.2) is 216 Å². The molecule has 4 heterocycles. The second-order valence-corrected chi connectivity index (χ2v) is 12.7. The Kier molecular flexibility index (Phi) is 14.4. The third kappa shape index (κ3) is 9.19. The monoisotopic (exact) mass is 775 g/mol. The first-order valence-electron chi connectivity index (χ1n) is 16.0. The number of aliphatic hydroxyl groups is 10. The standard InChI is InChI=1S/C28H44N2O23/c1-5(33)29-9-18(11(35)7(3-31)47-25(9)46)49-28-17(41)15(39)20(22(53-28)24(44)45)51-26-10(30-6(2)34)19(12(36)8(4-32)48-26)50-27-16(40)13(37)14(38)21(52-27)23(42)43/h7-22,25-28,31-32,35-41,46H,3-4H2,1-2H3,(H,29,33)(H,30,34)(H,42,43)(H,44,45)/p-1/t7-,8-,9-,10-,11-,12-,13+,14+,15-,16-,17-,18-,19-,20+,21+,22+,25-,26+,27-,28-/m1/s1. The summed E-state index contributed by atoms with van der Waals surface area (Å²) >= 11 is 0. The molecule has 304 valence electrons. The predicted molar refractivity (Wildman–Crippen MR) is 156 cm³/mol. The van der Waals surface area contributed by atoms with Crippen molar-refractivity contribution >= 4 is 23.8 Å². The second-order valence-electron chi connectivity index (χ2n) is 12.7. The summed E-state index contributed by atoms with van der Waals surface area (Å²) in [4.78, 5) is 48.0. The summed E-state index contributed by atoms with van der Waals surface area (Å²) in [5.41, 5.74) is 0. The van der Waals surface area contributed by atoms with Gasteiger partial charge in [-0.2, -0.15) is 0 Å². The Balaban J connectivity index is 1.62. The van der Waals surface area contributed by atoms with E-state index in [0.29, 0.717) is 0 Å². The van der Waals surface area contributed by atoms with Crippen molar-refractivity contribution in [2.75, 3.05) is 13.2 Å². The minimum absolute atomic E-state index is 0.755. The molecule has 4 rings (SSSR count). The first-order chi connectivity index (χ1) is 24.8. The van der Waals surface area contributed by atoms with Gasteiger partial charge in [0.1, 0.15) is 91.4 Å². The molecule has 0 aliphatic carbocycles. The van der Waals surface area contributed by atoms with Gasteiger partial charge in [0, 0.05) is 13.8 Å². The van der Waals surface area contributed by atoms with Crippen LogP contribution in [0.25, 0.3) is 0 Å². The predicted octanol–water partition coefficient (Wildman–Crippen LogP) is -10.6. The van der Waals surface area contributed by atoms with Gasteiger partial charge in [0.05, 0.1) is 19.2 Å². The van der Waals surface area contributed by atoms with Gasteiger partial charge in [0.15, 0.2) is 31.3 Å². The molecule has 20 atom stereocenters. The van der Waals surface area contributed by atoms with Crippen LogP contribution in [0.3, 0.4) is 0 Å². The van der Waals surface area contributed by atoms with Crippen LogP contribution >= 0.6 is 0 Å². The summed E-state index contributed by atoms with van der Waals surface area (Å²) in [5, 5.41) is 131. The number of rotatable bonds is 12. The molecule has 4 fully saturated rings. The fraction of sp³-hybridized carbons (Fsp3) is 0.857. The lowest BCUT2D eigenvalue weighted by molar-refractivity contribution is -0.375. The molecule has 53 heavy (non-hydrogen) atoms. The van der Waals surface area contributed by atoms with Gasteiger partial charge in [-0.25, -0.2) is 4.79 Å². The zero-order valence-corrected chi connectivity index (χ0v) is 27.8. The second kappa shape index (κ2) is 17.8. The first kappa shape index (κ1) is 42.9. The fourth-order valence-corrected chi connectivity index (χ4v) is 6.29. The number of hydrogen-bond donors (Lipinski definition) is 13. The van der Waals surface area contributed by atoms with Crippen LogP contribution in [0.5, 0.6) is 0 Å². The molecule has 4 aliphatic rings. The quantitative estimate of drug-likeness (QED) is 0.0875. The van der Waals surface area contributed by atoms with E-state index in [2.05, 4.69) is 10.6 Å². The van der Waals surface area contributed by atoms with Crippen LogP contribution in [0, 0.1) is 0 Å². The van der Waals surface area contributed by atoms with E-state index in [1.54, 1.807) is 0 Å². The summed E-state index contributed by atoms with van der Waals surface area (Å²) < 4.78 is 37.9. The Morgan fingerprint density at radius 1 is 0.566 bits per heavy atom. The molecular formula is C28H43N2O23-. The lowest BCUT2D eigenvalue weighted by Gasteiger charge is -2.50. The van der Waals surface area contributed by atoms with Crippen molar-refractivity contribution in [3.05, 3.63) is 0 Å². The van der Waals surface area contributed by atoms with E-state index in [-0.39, 0.29) is 0 Å². The number of carbonyl (C=O) groups excluding carboxylic acids is 3. The number of nitrogens with one attached hydrogen (secondary N) is 2. The Morgan fingerprint density at radius 3 is 1.51 bits per heavy atom. The Morgan fingerprint density at radius 2 is 1.02 bits per heavy atom. The molecule has 0 unspecified atom stereocenters. The summed E-state index contributed by atoms with van der Waals surface area (Å²) in [6, 6.07) is -3.40. The summed E-state index contributed by atoms with van der Waals surface area (Å²) in [7, 11) is 0. The van der Waals surface area contributed by atoms with E-state index in [1.807, 2.05) is 0 Å². The van der Waals surface area contributed by atoms with Crippen LogP contribution in [-0.2, 0) is 52.3 Å². The number of aliphatic carboxylic acids is 2. The van der Waals surface area contributed by atoms with Crippen molar-refractivity contribution in [1.29, 1.82) is 0 Å². The molecule has 25 heteroatoms. The van der Waals surface area contributed by atoms with Gasteiger partial charge in [0.2, 0.25) is 11.8 Å². The smallest absolute Gasteiger partial charge is 0.335 e. The highest BCUT2D eigenvalue weighted by Gasteiger charge is 2.57. The van der Waals surface area contributed by atoms with Crippen molar-refractivity contribution < 1.29 is 114 Å². The van der Waals surface area contributed by atoms with Crippen molar-refractivity contribution in [3.63, 3.8) is 0 Å². The van der Waals surface area contributed by atoms with Crippen molar-refractivity contribution in [1.82, 2.24) is 10.6 Å². The van der Waals surface area contributed by atoms with E-state index in [9.17, 15) is 80.5 Å². The van der Waals surface area contributed by atoms with Gasteiger partial charge >= 0.3 is 5.97 Å². The van der Waals surface area contributed by atoms with E-state index < -0.39 is 160 Å². The van der Waals surface area contributed by atoms with Crippen molar-refractivity contribution in [2.45, 2.75) is 137 Å². The number of aliphatic hydroxyl groups excluding tert-OH is 10. The Hall–Kier alpha value is -2.80. The van der Waals surface area contributed by atoms with Gasteiger partial charge in [-0.15, -0.1) is 0 Å². The molecule has 0 aromatic heterocycles. The van der Waals surface area contributed by atoms with E-state index >= 15 is 0 Å². The molecule has 2 amide bonds. The molecule has 0 spiro atoms. The van der Waals surface area contributed by atoms with Crippen LogP contribution in [0.15, 0.2) is 0 Å². The molecular weight excluding hydrogens is 732 g/mol. The summed E-state index contributed by atoms with van der Waals surface area (Å²) in [6.45, 7) is 0.0929. The molecule has 4 aliphatic heterocycles. The average molecular weight is 776 g/mol. The SMILES string of the molecule is CC(=O)N[C@@H]1[C@@H](O[C@@H]2O[C@H](C(=O)O)[C@@H](O[C@@H]3O[C@H](CO)[C@@H](O)[C@H](O[C@@H]4O[C@H](C(=O)[O-])[C@@H](O)[C@H](O)[C@H]4O)[C@H]3NC(C)=O)[C@H](O)[C@H]2O)[C@H](O)[C@@H](CO)O[C@H]1O. The van der Waals surface area contributed by atoms with E-state index in [0.717, 1.165) is 13.8 Å². The van der Waals surface area contributed by atoms with Gasteiger partial charge < -0.3 is 110 Å². The molecule has 13 N–H and O–H groups in total. The molecule has 0 saturated carbocycles. The highest BCUT2D eigenvalue weighted by molar-refractivity contribution is 5.74. The Bertz CT molecular complexity index is 1300. The fourth-order valence-electron chi connectivity index (χ4n) is 6.29. The van der Waals surface area contributed by atoms with E-state index in [1.165, 1.54) is 0 Å². The molecule has 0 bridgehead atoms. The van der Waals surface area contributed by atoms with Gasteiger partial charge in [-0.05, 0) is 0 Å². The topological polar surface area (TPSA) is 403 Å². The zero-order valence-electron chi connectivity index (χ0n) is 27.8. The number of hydrogen-bond acceptors (Lipinski definition) is 22. The maximum Gasteiger partial charge on any atom is 0.335 e. The lowest BCUT2D eigenvalue weighted by atomic mass is 9.94. The normalized spacial score (nSPS) is 46.3. The van der Waals surface area contributed by atoms with Crippen LogP contribution in [0.2, 0.25) is 0 Å². The average Bonchev–Trinajstić information content (AvgIpc) is 3.08. The van der Waals surface area contributed by atoms with Gasteiger partial charge in [-0.1, -0.05) is 0 Å². The lowest BCUT2D eigenvalue weighted by Crippen LogP contribution is -2.71. The van der Waals surface area contributed by atoms with Gasteiger partial charge in [-0.3, -0.25) is 9.59 Å². The summed E-state index contributed by atoms with van der Waals surface area (Å²) in [6.07, 6.45) is -36.9. The third-order valence-electron chi connectivity index (χ3n) is 8.93. The summed E-state index contributed by atoms with van der Waals surface area (Å²) in [5.74, 6) is -5.55. The maximum absolute atomic E-state index is 12.4. The molecule has 0 radical (unpaired) electrons. The Labute approximate surface area is 298 Å². The van der Waals surface area contributed by atoms with Gasteiger partial charge in [0.25, 0.3) is 0 Å². The molecule has 0 aromatic carbocycles. The van der Waals surface area contributed by atoms with E-state index in [4.69, 9.17) is 33.2 Å². The first-order valence-corrected chi connectivity index (χ1v) is 16.0. The van der Waals surface area contributed by atoms with Crippen molar-refractivity contribution in [3.8, 4) is 0 Å². The number of carboxylic acids is 2. The minimum atomic E-state index is -2.31. The molecule has 4 saturated heterocycles. The molecule has 0 aromatic rings. The highest BCUT2D eigenvalue weighted by atomic mass is 16.8. The highest BCUT2D eigenvalue weighted by Crippen LogP contribution is 2.34. The van der Waals surface area contributed by atoms with Crippen LogP contribution in [0.4, 0.5) is 0 Å². The minimum Gasteiger partial charge on any atom is -0.547 e. The number of amides is 2. The largest absolute Gasteiger partial charge is 0.547 e.